The van der Waals surface area contributed by atoms with Gasteiger partial charge in [0.1, 0.15) is 6.04 Å². The van der Waals surface area contributed by atoms with E-state index in [2.05, 4.69) is 10.1 Å². The minimum Gasteiger partial charge on any atom is -0.468 e. The molecule has 1 saturated heterocycles. The Balaban J connectivity index is 2.06. The molecule has 1 saturated carbocycles. The summed E-state index contributed by atoms with van der Waals surface area (Å²) in [6.45, 7) is 6.33. The Hall–Kier alpha value is -1.43. The van der Waals surface area contributed by atoms with E-state index < -0.39 is 12.0 Å². The predicted octanol–water partition coefficient (Wildman–Crippen LogP) is -0.221. The first-order valence-corrected chi connectivity index (χ1v) is 6.52. The molecule has 0 bridgehead atoms. The summed E-state index contributed by atoms with van der Waals surface area (Å²) in [5, 5.41) is 2.93. The number of ether oxygens (including phenoxy) is 1. The smallest absolute Gasteiger partial charge is 0.324 e. The highest BCUT2D eigenvalue weighted by atomic mass is 16.5. The number of fused-ring (bicyclic) bond motifs is 1. The molecule has 1 aliphatic carbocycles. The number of rotatable bonds is 5. The molecule has 0 radical (unpaired) electrons. The fraction of sp³-hybridized carbons (Fsp3) is 0.769. The van der Waals surface area contributed by atoms with Gasteiger partial charge >= 0.3 is 5.97 Å². The van der Waals surface area contributed by atoms with Gasteiger partial charge in [0.05, 0.1) is 25.5 Å². The van der Waals surface area contributed by atoms with Crippen LogP contribution in [0.25, 0.3) is 0 Å². The lowest BCUT2D eigenvalue weighted by Crippen LogP contribution is -2.50. The van der Waals surface area contributed by atoms with Gasteiger partial charge in [-0.3, -0.25) is 19.3 Å². The van der Waals surface area contributed by atoms with Crippen molar-refractivity contribution in [3.63, 3.8) is 0 Å². The van der Waals surface area contributed by atoms with Crippen LogP contribution in [0.1, 0.15) is 20.8 Å². The van der Waals surface area contributed by atoms with Crippen LogP contribution in [0.3, 0.4) is 0 Å². The van der Waals surface area contributed by atoms with Crippen LogP contribution in [-0.4, -0.2) is 48.9 Å². The monoisotopic (exact) mass is 268 g/mol. The molecule has 1 heterocycles. The molecule has 0 aromatic heterocycles. The molecule has 3 unspecified atom stereocenters. The van der Waals surface area contributed by atoms with Crippen molar-refractivity contribution in [1.29, 1.82) is 0 Å². The van der Waals surface area contributed by atoms with Gasteiger partial charge in [-0.2, -0.15) is 0 Å². The lowest BCUT2D eigenvalue weighted by Gasteiger charge is -2.24. The minimum absolute atomic E-state index is 0.0568. The molecule has 6 heteroatoms. The number of hydrogen-bond acceptors (Lipinski definition) is 5. The Kier molecular flexibility index (Phi) is 3.38. The SMILES string of the molecule is CCNC(CN1C(=O)C2C(C1=O)C2(C)C)C(=O)OC. The van der Waals surface area contributed by atoms with Crippen molar-refractivity contribution < 1.29 is 19.1 Å². The number of hydrogen-bond donors (Lipinski definition) is 1. The van der Waals surface area contributed by atoms with Crippen molar-refractivity contribution in [3.05, 3.63) is 0 Å². The zero-order valence-corrected chi connectivity index (χ0v) is 11.7. The van der Waals surface area contributed by atoms with Gasteiger partial charge in [-0.05, 0) is 12.0 Å². The number of likely N-dealkylation sites (tertiary alicyclic amines) is 1. The highest BCUT2D eigenvalue weighted by Crippen LogP contribution is 2.63. The number of methoxy groups -OCH3 is 1. The van der Waals surface area contributed by atoms with Crippen LogP contribution in [0.15, 0.2) is 0 Å². The molecule has 2 amide bonds. The van der Waals surface area contributed by atoms with Gasteiger partial charge in [0, 0.05) is 0 Å². The Bertz CT molecular complexity index is 408. The number of nitrogens with zero attached hydrogens (tertiary/aromatic N) is 1. The highest BCUT2D eigenvalue weighted by Gasteiger charge is 2.72. The molecule has 2 aliphatic rings. The number of nitrogens with one attached hydrogen (secondary N) is 1. The number of carbonyl (C=O) groups is 3. The van der Waals surface area contributed by atoms with E-state index in [4.69, 9.17) is 0 Å². The van der Waals surface area contributed by atoms with Crippen molar-refractivity contribution in [1.82, 2.24) is 10.2 Å². The average molecular weight is 268 g/mol. The van der Waals surface area contributed by atoms with Crippen LogP contribution in [0.5, 0.6) is 0 Å². The second-order valence-corrected chi connectivity index (χ2v) is 5.70. The molecule has 2 fully saturated rings. The Morgan fingerprint density at radius 2 is 1.89 bits per heavy atom. The molecule has 3 atom stereocenters. The minimum atomic E-state index is -0.650. The third-order valence-corrected chi connectivity index (χ3v) is 4.19. The van der Waals surface area contributed by atoms with E-state index in [9.17, 15) is 14.4 Å². The van der Waals surface area contributed by atoms with Crippen molar-refractivity contribution in [3.8, 4) is 0 Å². The van der Waals surface area contributed by atoms with Crippen molar-refractivity contribution in [2.24, 2.45) is 17.3 Å². The van der Waals surface area contributed by atoms with E-state index in [0.29, 0.717) is 6.54 Å². The van der Waals surface area contributed by atoms with Gasteiger partial charge in [0.15, 0.2) is 0 Å². The first-order valence-electron chi connectivity index (χ1n) is 6.52. The summed E-state index contributed by atoms with van der Waals surface area (Å²) in [7, 11) is 1.29. The average Bonchev–Trinajstić information content (AvgIpc) is 2.83. The molecule has 0 spiro atoms. The van der Waals surface area contributed by atoms with Gasteiger partial charge in [0.25, 0.3) is 0 Å². The second kappa shape index (κ2) is 4.59. The molecule has 0 aromatic rings. The third kappa shape index (κ3) is 2.04. The predicted molar refractivity (Wildman–Crippen MR) is 67.0 cm³/mol. The van der Waals surface area contributed by atoms with Crippen LogP contribution in [0.2, 0.25) is 0 Å². The molecule has 2 rings (SSSR count). The van der Waals surface area contributed by atoms with Gasteiger partial charge < -0.3 is 10.1 Å². The van der Waals surface area contributed by atoms with E-state index in [1.165, 1.54) is 12.0 Å². The molecule has 19 heavy (non-hydrogen) atoms. The number of amides is 2. The fourth-order valence-corrected chi connectivity index (χ4v) is 2.98. The summed E-state index contributed by atoms with van der Waals surface area (Å²) in [5.74, 6) is -1.19. The van der Waals surface area contributed by atoms with E-state index in [0.717, 1.165) is 0 Å². The molecule has 6 nitrogen and oxygen atoms in total. The second-order valence-electron chi connectivity index (χ2n) is 5.70. The van der Waals surface area contributed by atoms with E-state index >= 15 is 0 Å². The molecule has 1 aliphatic heterocycles. The summed E-state index contributed by atoms with van der Waals surface area (Å²) in [6, 6.07) is -0.650. The molecule has 106 valence electrons. The number of piperidine rings is 1. The summed E-state index contributed by atoms with van der Waals surface area (Å²) in [4.78, 5) is 37.1. The van der Waals surface area contributed by atoms with Gasteiger partial charge in [0.2, 0.25) is 11.8 Å². The molecule has 1 N–H and O–H groups in total. The summed E-state index contributed by atoms with van der Waals surface area (Å²) < 4.78 is 4.67. The Morgan fingerprint density at radius 3 is 2.32 bits per heavy atom. The Morgan fingerprint density at radius 1 is 1.37 bits per heavy atom. The molecular weight excluding hydrogens is 248 g/mol. The van der Waals surface area contributed by atoms with Crippen LogP contribution in [0.4, 0.5) is 0 Å². The zero-order chi connectivity index (χ0) is 14.4. The van der Waals surface area contributed by atoms with Crippen molar-refractivity contribution >= 4 is 17.8 Å². The van der Waals surface area contributed by atoms with E-state index in [1.807, 2.05) is 20.8 Å². The van der Waals surface area contributed by atoms with E-state index in [1.54, 1.807) is 0 Å². The summed E-state index contributed by atoms with van der Waals surface area (Å²) in [6.07, 6.45) is 0. The maximum absolute atomic E-state index is 12.1. The standard InChI is InChI=1S/C13H20N2O4/c1-5-14-7(12(18)19-4)6-15-10(16)8-9(11(15)17)13(8,2)3/h7-9,14H,5-6H2,1-4H3. The summed E-state index contributed by atoms with van der Waals surface area (Å²) >= 11 is 0. The fourth-order valence-electron chi connectivity index (χ4n) is 2.98. The third-order valence-electron chi connectivity index (χ3n) is 4.19. The first-order chi connectivity index (χ1) is 8.86. The number of imide groups is 1. The van der Waals surface area contributed by atoms with Gasteiger partial charge in [-0.25, -0.2) is 0 Å². The maximum atomic E-state index is 12.1. The summed E-state index contributed by atoms with van der Waals surface area (Å²) in [5.41, 5.74) is -0.219. The Labute approximate surface area is 112 Å². The van der Waals surface area contributed by atoms with E-state index in [-0.39, 0.29) is 35.6 Å². The lowest BCUT2D eigenvalue weighted by molar-refractivity contribution is -0.147. The van der Waals surface area contributed by atoms with Gasteiger partial charge in [-0.1, -0.05) is 20.8 Å². The number of carbonyl (C=O) groups excluding carboxylic acids is 3. The normalized spacial score (nSPS) is 29.2. The lowest BCUT2D eigenvalue weighted by atomic mass is 10.1. The van der Waals surface area contributed by atoms with Crippen molar-refractivity contribution in [2.45, 2.75) is 26.8 Å². The van der Waals surface area contributed by atoms with Crippen molar-refractivity contribution in [2.75, 3.05) is 20.2 Å². The maximum Gasteiger partial charge on any atom is 0.324 e. The quantitative estimate of drug-likeness (QED) is 0.551. The van der Waals surface area contributed by atoms with Crippen LogP contribution < -0.4 is 5.32 Å². The number of esters is 1. The first kappa shape index (κ1) is 14.0. The van der Waals surface area contributed by atoms with Crippen LogP contribution >= 0.6 is 0 Å². The zero-order valence-electron chi connectivity index (χ0n) is 11.7. The topological polar surface area (TPSA) is 75.7 Å². The van der Waals surface area contributed by atoms with Crippen LogP contribution in [-0.2, 0) is 19.1 Å². The molecule has 0 aromatic carbocycles. The van der Waals surface area contributed by atoms with Crippen LogP contribution in [0, 0.1) is 17.3 Å². The largest absolute Gasteiger partial charge is 0.468 e. The molecular formula is C13H20N2O4. The van der Waals surface area contributed by atoms with Gasteiger partial charge in [-0.15, -0.1) is 0 Å². The number of likely N-dealkylation sites (N-methyl/N-ethyl adjacent to an activating group) is 1. The highest BCUT2D eigenvalue weighted by molar-refractivity contribution is 6.10.